The van der Waals surface area contributed by atoms with Crippen molar-refractivity contribution in [1.82, 2.24) is 5.32 Å². The number of nitrogens with one attached hydrogen (secondary N) is 1. The smallest absolute Gasteiger partial charge is 0.264 e. The maximum absolute atomic E-state index is 10.5. The Morgan fingerprint density at radius 3 is 2.53 bits per heavy atom. The van der Waals surface area contributed by atoms with E-state index in [1.54, 1.807) is 0 Å². The SMILES string of the molecule is CCCNCC(CCS(=O)(=O)O)OCC. The van der Waals surface area contributed by atoms with Crippen molar-refractivity contribution in [2.75, 3.05) is 25.4 Å². The topological polar surface area (TPSA) is 75.6 Å². The molecule has 0 saturated carbocycles. The monoisotopic (exact) mass is 239 g/mol. The molecule has 0 heterocycles. The second-order valence-electron chi connectivity index (χ2n) is 3.36. The summed E-state index contributed by atoms with van der Waals surface area (Å²) in [6.07, 6.45) is 1.20. The summed E-state index contributed by atoms with van der Waals surface area (Å²) in [5.74, 6) is -0.245. The van der Waals surface area contributed by atoms with Crippen LogP contribution in [0.5, 0.6) is 0 Å². The third-order valence-electron chi connectivity index (χ3n) is 1.90. The molecule has 0 amide bonds. The van der Waals surface area contributed by atoms with Crippen LogP contribution >= 0.6 is 0 Å². The van der Waals surface area contributed by atoms with Gasteiger partial charge in [-0.15, -0.1) is 0 Å². The maximum Gasteiger partial charge on any atom is 0.264 e. The predicted octanol–water partition coefficient (Wildman–Crippen LogP) is 0.669. The van der Waals surface area contributed by atoms with E-state index in [0.29, 0.717) is 19.6 Å². The molecule has 5 nitrogen and oxygen atoms in total. The van der Waals surface area contributed by atoms with Crippen LogP contribution in [0.1, 0.15) is 26.7 Å². The zero-order valence-corrected chi connectivity index (χ0v) is 10.2. The zero-order valence-electron chi connectivity index (χ0n) is 9.40. The fourth-order valence-electron chi connectivity index (χ4n) is 1.20. The van der Waals surface area contributed by atoms with Crippen LogP contribution in [0.3, 0.4) is 0 Å². The molecule has 0 aromatic heterocycles. The molecule has 6 heteroatoms. The first-order valence-corrected chi connectivity index (χ1v) is 6.88. The van der Waals surface area contributed by atoms with Crippen LogP contribution < -0.4 is 5.32 Å². The normalized spacial score (nSPS) is 14.1. The summed E-state index contributed by atoms with van der Waals surface area (Å²) >= 11 is 0. The second kappa shape index (κ2) is 8.04. The molecule has 2 N–H and O–H groups in total. The molecule has 0 saturated heterocycles. The van der Waals surface area contributed by atoms with Crippen LogP contribution in [0.15, 0.2) is 0 Å². The van der Waals surface area contributed by atoms with E-state index in [-0.39, 0.29) is 11.9 Å². The lowest BCUT2D eigenvalue weighted by Crippen LogP contribution is -2.31. The first-order chi connectivity index (χ1) is 6.99. The number of rotatable bonds is 9. The predicted molar refractivity (Wildman–Crippen MR) is 59.6 cm³/mol. The molecule has 0 aromatic rings. The van der Waals surface area contributed by atoms with E-state index in [9.17, 15) is 8.42 Å². The van der Waals surface area contributed by atoms with E-state index < -0.39 is 10.1 Å². The molecule has 1 unspecified atom stereocenters. The van der Waals surface area contributed by atoms with Crippen molar-refractivity contribution in [3.63, 3.8) is 0 Å². The van der Waals surface area contributed by atoms with Gasteiger partial charge in [-0.1, -0.05) is 6.92 Å². The number of hydrogen-bond donors (Lipinski definition) is 2. The van der Waals surface area contributed by atoms with Crippen molar-refractivity contribution in [1.29, 1.82) is 0 Å². The van der Waals surface area contributed by atoms with Gasteiger partial charge in [-0.3, -0.25) is 4.55 Å². The minimum atomic E-state index is -3.88. The molecule has 15 heavy (non-hydrogen) atoms. The Morgan fingerprint density at radius 1 is 1.40 bits per heavy atom. The average Bonchev–Trinajstić information content (AvgIpc) is 2.13. The van der Waals surface area contributed by atoms with Gasteiger partial charge in [-0.05, 0) is 26.3 Å². The molecule has 92 valence electrons. The minimum absolute atomic E-state index is 0.150. The second-order valence-corrected chi connectivity index (χ2v) is 4.93. The molecule has 0 aliphatic heterocycles. The molecule has 0 spiro atoms. The van der Waals surface area contributed by atoms with Crippen molar-refractivity contribution >= 4 is 10.1 Å². The average molecular weight is 239 g/mol. The van der Waals surface area contributed by atoms with E-state index in [1.165, 1.54) is 0 Å². The van der Waals surface area contributed by atoms with Gasteiger partial charge < -0.3 is 10.1 Å². The Bertz CT molecular complexity index is 240. The lowest BCUT2D eigenvalue weighted by Gasteiger charge is -2.16. The summed E-state index contributed by atoms with van der Waals surface area (Å²) in [5, 5.41) is 3.15. The summed E-state index contributed by atoms with van der Waals surface area (Å²) in [6, 6.07) is 0. The Labute approximate surface area is 92.0 Å². The Balaban J connectivity index is 3.82. The van der Waals surface area contributed by atoms with E-state index in [1.807, 2.05) is 6.92 Å². The van der Waals surface area contributed by atoms with Gasteiger partial charge in [0.15, 0.2) is 0 Å². The van der Waals surface area contributed by atoms with Crippen molar-refractivity contribution in [3.8, 4) is 0 Å². The Morgan fingerprint density at radius 2 is 2.07 bits per heavy atom. The molecular weight excluding hydrogens is 218 g/mol. The van der Waals surface area contributed by atoms with Gasteiger partial charge in [-0.25, -0.2) is 0 Å². The highest BCUT2D eigenvalue weighted by Crippen LogP contribution is 2.00. The van der Waals surface area contributed by atoms with Crippen LogP contribution in [0.4, 0.5) is 0 Å². The Hall–Kier alpha value is -0.170. The highest BCUT2D eigenvalue weighted by Gasteiger charge is 2.12. The van der Waals surface area contributed by atoms with Gasteiger partial charge in [-0.2, -0.15) is 8.42 Å². The summed E-state index contributed by atoms with van der Waals surface area (Å²) in [5.41, 5.74) is 0. The van der Waals surface area contributed by atoms with Crippen molar-refractivity contribution < 1.29 is 17.7 Å². The molecule has 0 aliphatic rings. The van der Waals surface area contributed by atoms with Crippen LogP contribution in [0.2, 0.25) is 0 Å². The standard InChI is InChI=1S/C9H21NO4S/c1-3-6-10-8-9(14-4-2)5-7-15(11,12)13/h9-10H,3-8H2,1-2H3,(H,11,12,13). The maximum atomic E-state index is 10.5. The molecule has 0 fully saturated rings. The van der Waals surface area contributed by atoms with Gasteiger partial charge in [0.25, 0.3) is 10.1 Å². The van der Waals surface area contributed by atoms with E-state index in [4.69, 9.17) is 9.29 Å². The van der Waals surface area contributed by atoms with E-state index in [2.05, 4.69) is 12.2 Å². The van der Waals surface area contributed by atoms with E-state index >= 15 is 0 Å². The van der Waals surface area contributed by atoms with Crippen LogP contribution in [-0.2, 0) is 14.9 Å². The van der Waals surface area contributed by atoms with Crippen LogP contribution in [-0.4, -0.2) is 44.5 Å². The fraction of sp³-hybridized carbons (Fsp3) is 1.00. The van der Waals surface area contributed by atoms with Crippen molar-refractivity contribution in [2.45, 2.75) is 32.8 Å². The Kier molecular flexibility index (Phi) is 7.95. The first kappa shape index (κ1) is 14.8. The van der Waals surface area contributed by atoms with Gasteiger partial charge in [0.1, 0.15) is 0 Å². The van der Waals surface area contributed by atoms with Crippen LogP contribution in [0, 0.1) is 0 Å². The molecule has 0 aliphatic carbocycles. The number of ether oxygens (including phenoxy) is 1. The van der Waals surface area contributed by atoms with Crippen LogP contribution in [0.25, 0.3) is 0 Å². The van der Waals surface area contributed by atoms with E-state index in [0.717, 1.165) is 13.0 Å². The summed E-state index contributed by atoms with van der Waals surface area (Å²) in [6.45, 7) is 5.97. The zero-order chi connectivity index (χ0) is 11.7. The third kappa shape index (κ3) is 10.1. The molecular formula is C9H21NO4S. The molecule has 0 rings (SSSR count). The quantitative estimate of drug-likeness (QED) is 0.457. The highest BCUT2D eigenvalue weighted by molar-refractivity contribution is 7.85. The largest absolute Gasteiger partial charge is 0.377 e. The minimum Gasteiger partial charge on any atom is -0.377 e. The lowest BCUT2D eigenvalue weighted by molar-refractivity contribution is 0.0606. The molecule has 1 atom stereocenters. The van der Waals surface area contributed by atoms with Gasteiger partial charge in [0.05, 0.1) is 11.9 Å². The van der Waals surface area contributed by atoms with Crippen molar-refractivity contribution in [3.05, 3.63) is 0 Å². The van der Waals surface area contributed by atoms with Gasteiger partial charge in [0.2, 0.25) is 0 Å². The third-order valence-corrected chi connectivity index (χ3v) is 2.65. The van der Waals surface area contributed by atoms with Gasteiger partial charge >= 0.3 is 0 Å². The van der Waals surface area contributed by atoms with Gasteiger partial charge in [0, 0.05) is 13.2 Å². The summed E-state index contributed by atoms with van der Waals surface area (Å²) < 4.78 is 35.0. The summed E-state index contributed by atoms with van der Waals surface area (Å²) in [7, 11) is -3.88. The highest BCUT2D eigenvalue weighted by atomic mass is 32.2. The molecule has 0 aromatic carbocycles. The van der Waals surface area contributed by atoms with Crippen molar-refractivity contribution in [2.24, 2.45) is 0 Å². The fourth-order valence-corrected chi connectivity index (χ4v) is 1.76. The summed E-state index contributed by atoms with van der Waals surface area (Å²) in [4.78, 5) is 0. The number of hydrogen-bond acceptors (Lipinski definition) is 4. The lowest BCUT2D eigenvalue weighted by atomic mass is 10.2. The first-order valence-electron chi connectivity index (χ1n) is 5.27. The molecule has 0 bridgehead atoms. The molecule has 0 radical (unpaired) electrons.